The first-order valence-electron chi connectivity index (χ1n) is 6.08. The molecule has 0 aromatic carbocycles. The maximum absolute atomic E-state index is 5.97. The molecule has 0 aliphatic heterocycles. The lowest BCUT2D eigenvalue weighted by molar-refractivity contribution is 0.634. The first-order chi connectivity index (χ1) is 7.95. The zero-order valence-corrected chi connectivity index (χ0v) is 12.1. The molecule has 0 radical (unpaired) electrons. The minimum absolute atomic E-state index is 0.335. The van der Waals surface area contributed by atoms with Crippen molar-refractivity contribution in [3.63, 3.8) is 0 Å². The highest BCUT2D eigenvalue weighted by atomic mass is 35.5. The lowest BCUT2D eigenvalue weighted by Crippen LogP contribution is -2.24. The van der Waals surface area contributed by atoms with E-state index in [-0.39, 0.29) is 0 Å². The van der Waals surface area contributed by atoms with E-state index in [4.69, 9.17) is 11.6 Å². The van der Waals surface area contributed by atoms with Gasteiger partial charge in [0.15, 0.2) is 0 Å². The highest BCUT2D eigenvalue weighted by molar-refractivity contribution is 6.17. The monoisotopic (exact) mass is 255 g/mol. The number of hydrogen-bond acceptors (Lipinski definition) is 3. The van der Waals surface area contributed by atoms with E-state index in [1.54, 1.807) is 0 Å². The molecule has 3 nitrogen and oxygen atoms in total. The summed E-state index contributed by atoms with van der Waals surface area (Å²) < 4.78 is 0. The summed E-state index contributed by atoms with van der Waals surface area (Å²) >= 11 is 5.97. The van der Waals surface area contributed by atoms with Crippen LogP contribution in [-0.2, 0) is 5.88 Å². The Morgan fingerprint density at radius 1 is 1.29 bits per heavy atom. The van der Waals surface area contributed by atoms with Gasteiger partial charge in [-0.05, 0) is 5.92 Å². The van der Waals surface area contributed by atoms with Crippen LogP contribution in [0.4, 0.5) is 5.69 Å². The second-order valence-corrected chi connectivity index (χ2v) is 5.39. The Morgan fingerprint density at radius 3 is 2.41 bits per heavy atom. The molecule has 0 saturated heterocycles. The van der Waals surface area contributed by atoms with E-state index < -0.39 is 0 Å². The van der Waals surface area contributed by atoms with Crippen molar-refractivity contribution in [2.75, 3.05) is 18.5 Å². The van der Waals surface area contributed by atoms with E-state index in [1.165, 1.54) is 0 Å². The molecule has 0 saturated carbocycles. The van der Waals surface area contributed by atoms with Crippen LogP contribution in [0.3, 0.4) is 0 Å². The maximum Gasteiger partial charge on any atom is 0.131 e. The zero-order chi connectivity index (χ0) is 13.0. The van der Waals surface area contributed by atoms with Gasteiger partial charge in [0.25, 0.3) is 0 Å². The van der Waals surface area contributed by atoms with Gasteiger partial charge in [-0.15, -0.1) is 11.6 Å². The van der Waals surface area contributed by atoms with Crippen LogP contribution >= 0.6 is 11.6 Å². The van der Waals surface area contributed by atoms with E-state index in [2.05, 4.69) is 49.6 Å². The van der Waals surface area contributed by atoms with E-state index in [0.717, 1.165) is 23.8 Å². The Labute approximate surface area is 109 Å². The predicted molar refractivity (Wildman–Crippen MR) is 73.8 cm³/mol. The molecule has 0 spiro atoms. The summed E-state index contributed by atoms with van der Waals surface area (Å²) in [7, 11) is 2.06. The van der Waals surface area contributed by atoms with Gasteiger partial charge in [0.2, 0.25) is 0 Å². The number of hydrogen-bond donors (Lipinski definition) is 0. The van der Waals surface area contributed by atoms with Gasteiger partial charge in [-0.1, -0.05) is 27.7 Å². The molecule has 0 N–H and O–H groups in total. The zero-order valence-electron chi connectivity index (χ0n) is 11.4. The molecule has 0 unspecified atom stereocenters. The summed E-state index contributed by atoms with van der Waals surface area (Å²) in [5, 5.41) is 0. The molecular weight excluding hydrogens is 234 g/mol. The fraction of sp³-hybridized carbons (Fsp3) is 0.692. The fourth-order valence-corrected chi connectivity index (χ4v) is 1.96. The van der Waals surface area contributed by atoms with Crippen LogP contribution in [0.5, 0.6) is 0 Å². The maximum atomic E-state index is 5.97. The standard InChI is InChI=1S/C13H22ClN3/c1-9(2)8-17(5)12-7-15-13(10(3)4)16-11(12)6-14/h7,9-10H,6,8H2,1-5H3. The first kappa shape index (κ1) is 14.2. The van der Waals surface area contributed by atoms with Crippen LogP contribution in [0.2, 0.25) is 0 Å². The van der Waals surface area contributed by atoms with Gasteiger partial charge < -0.3 is 4.90 Å². The van der Waals surface area contributed by atoms with Crippen molar-refractivity contribution in [1.29, 1.82) is 0 Å². The highest BCUT2D eigenvalue weighted by Gasteiger charge is 2.12. The molecule has 17 heavy (non-hydrogen) atoms. The number of alkyl halides is 1. The van der Waals surface area contributed by atoms with Crippen LogP contribution < -0.4 is 4.90 Å². The van der Waals surface area contributed by atoms with E-state index in [9.17, 15) is 0 Å². The van der Waals surface area contributed by atoms with Crippen LogP contribution in [-0.4, -0.2) is 23.6 Å². The van der Waals surface area contributed by atoms with Crippen LogP contribution in [0, 0.1) is 5.92 Å². The van der Waals surface area contributed by atoms with Crippen molar-refractivity contribution in [1.82, 2.24) is 9.97 Å². The number of halogens is 1. The average Bonchev–Trinajstić information content (AvgIpc) is 2.27. The second-order valence-electron chi connectivity index (χ2n) is 5.12. The van der Waals surface area contributed by atoms with Crippen LogP contribution in [0.25, 0.3) is 0 Å². The summed E-state index contributed by atoms with van der Waals surface area (Å²) in [6.07, 6.45) is 1.89. The third-order valence-electron chi connectivity index (χ3n) is 2.56. The largest absolute Gasteiger partial charge is 0.372 e. The Kier molecular flexibility index (Phi) is 5.19. The number of rotatable bonds is 5. The molecule has 0 amide bonds. The van der Waals surface area contributed by atoms with E-state index in [1.807, 2.05) is 6.20 Å². The lowest BCUT2D eigenvalue weighted by atomic mass is 10.2. The minimum atomic E-state index is 0.335. The summed E-state index contributed by atoms with van der Waals surface area (Å²) in [5.41, 5.74) is 1.96. The summed E-state index contributed by atoms with van der Waals surface area (Å²) in [4.78, 5) is 11.1. The predicted octanol–water partition coefficient (Wildman–Crippen LogP) is 3.43. The number of aromatic nitrogens is 2. The summed E-state index contributed by atoms with van der Waals surface area (Å²) in [5.74, 6) is 2.23. The van der Waals surface area contributed by atoms with Crippen molar-refractivity contribution in [3.8, 4) is 0 Å². The van der Waals surface area contributed by atoms with Crippen molar-refractivity contribution in [2.24, 2.45) is 5.92 Å². The molecule has 1 aromatic rings. The van der Waals surface area contributed by atoms with Gasteiger partial charge in [0.05, 0.1) is 23.5 Å². The van der Waals surface area contributed by atoms with Gasteiger partial charge in [0, 0.05) is 19.5 Å². The Bertz CT molecular complexity index is 364. The topological polar surface area (TPSA) is 29.0 Å². The third-order valence-corrected chi connectivity index (χ3v) is 2.81. The molecule has 1 heterocycles. The van der Waals surface area contributed by atoms with E-state index in [0.29, 0.717) is 17.7 Å². The molecule has 4 heteroatoms. The molecule has 1 rings (SSSR count). The number of nitrogens with zero attached hydrogens (tertiary/aromatic N) is 3. The number of anilines is 1. The SMILES string of the molecule is CC(C)CN(C)c1cnc(C(C)C)nc1CCl. The summed E-state index contributed by atoms with van der Waals surface area (Å²) in [6, 6.07) is 0. The lowest BCUT2D eigenvalue weighted by Gasteiger charge is -2.23. The Hall–Kier alpha value is -0.830. The van der Waals surface area contributed by atoms with Gasteiger partial charge in [0.1, 0.15) is 5.82 Å². The highest BCUT2D eigenvalue weighted by Crippen LogP contribution is 2.21. The third kappa shape index (κ3) is 3.84. The average molecular weight is 256 g/mol. The van der Waals surface area contributed by atoms with Gasteiger partial charge in [-0.2, -0.15) is 0 Å². The van der Waals surface area contributed by atoms with Crippen LogP contribution in [0.15, 0.2) is 6.20 Å². The van der Waals surface area contributed by atoms with Crippen molar-refractivity contribution >= 4 is 17.3 Å². The second kappa shape index (κ2) is 6.20. The molecule has 0 bridgehead atoms. The van der Waals surface area contributed by atoms with Crippen molar-refractivity contribution < 1.29 is 0 Å². The molecule has 0 aliphatic rings. The molecule has 0 aliphatic carbocycles. The fourth-order valence-electron chi connectivity index (χ4n) is 1.77. The smallest absolute Gasteiger partial charge is 0.131 e. The van der Waals surface area contributed by atoms with Crippen molar-refractivity contribution in [2.45, 2.75) is 39.5 Å². The van der Waals surface area contributed by atoms with Crippen molar-refractivity contribution in [3.05, 3.63) is 17.7 Å². The van der Waals surface area contributed by atoms with Gasteiger partial charge >= 0.3 is 0 Å². The normalized spacial score (nSPS) is 11.3. The van der Waals surface area contributed by atoms with Gasteiger partial charge in [-0.25, -0.2) is 9.97 Å². The van der Waals surface area contributed by atoms with Crippen LogP contribution in [0.1, 0.15) is 45.1 Å². The molecule has 1 aromatic heterocycles. The first-order valence-corrected chi connectivity index (χ1v) is 6.62. The molecule has 0 atom stereocenters. The molecule has 96 valence electrons. The Balaban J connectivity index is 2.99. The molecule has 0 fully saturated rings. The van der Waals surface area contributed by atoms with E-state index >= 15 is 0 Å². The quantitative estimate of drug-likeness (QED) is 0.755. The van der Waals surface area contributed by atoms with Gasteiger partial charge in [-0.3, -0.25) is 0 Å². The summed E-state index contributed by atoms with van der Waals surface area (Å²) in [6.45, 7) is 9.55. The molecular formula is C13H22ClN3. The Morgan fingerprint density at radius 2 is 1.94 bits per heavy atom. The minimum Gasteiger partial charge on any atom is -0.372 e.